The predicted molar refractivity (Wildman–Crippen MR) is 118 cm³/mol. The summed E-state index contributed by atoms with van der Waals surface area (Å²) >= 11 is 8.13. The molecule has 4 aromatic rings. The van der Waals surface area contributed by atoms with Crippen LogP contribution >= 0.6 is 22.9 Å². The van der Waals surface area contributed by atoms with E-state index in [1.54, 1.807) is 11.3 Å². The average Bonchev–Trinajstić information content (AvgIpc) is 3.05. The summed E-state index contributed by atoms with van der Waals surface area (Å²) in [5.74, 6) is 0. The standard InChI is InChI=1S/C22H20BClO2S/c1-21(2)22(3,4)26-23(25-21)20-15-8-6-5-7-13(15)11-18-19(20)16-12-14(24)9-10-17(16)27-18/h5-12H,1-4H3. The molecule has 1 aliphatic rings. The van der Waals surface area contributed by atoms with Gasteiger partial charge in [-0.2, -0.15) is 0 Å². The largest absolute Gasteiger partial charge is 0.496 e. The van der Waals surface area contributed by atoms with Crippen molar-refractivity contribution in [1.82, 2.24) is 0 Å². The zero-order chi connectivity index (χ0) is 19.0. The molecule has 0 bridgehead atoms. The first-order chi connectivity index (χ1) is 12.8. The van der Waals surface area contributed by atoms with Crippen molar-refractivity contribution in [2.45, 2.75) is 38.9 Å². The number of fused-ring (bicyclic) bond motifs is 4. The van der Waals surface area contributed by atoms with Crippen molar-refractivity contribution in [3.63, 3.8) is 0 Å². The summed E-state index contributed by atoms with van der Waals surface area (Å²) in [7, 11) is -0.416. The lowest BCUT2D eigenvalue weighted by Crippen LogP contribution is -2.41. The molecule has 0 spiro atoms. The second-order valence-corrected chi connectivity index (χ2v) is 9.74. The van der Waals surface area contributed by atoms with E-state index in [0.29, 0.717) is 0 Å². The van der Waals surface area contributed by atoms with Gasteiger partial charge in [0.1, 0.15) is 0 Å². The highest BCUT2D eigenvalue weighted by Crippen LogP contribution is 2.41. The van der Waals surface area contributed by atoms with E-state index < -0.39 is 7.12 Å². The summed E-state index contributed by atoms with van der Waals surface area (Å²) in [4.78, 5) is 0. The summed E-state index contributed by atoms with van der Waals surface area (Å²) in [6, 6.07) is 16.8. The first-order valence-electron chi connectivity index (χ1n) is 9.16. The van der Waals surface area contributed by atoms with Gasteiger partial charge in [0.25, 0.3) is 0 Å². The first-order valence-corrected chi connectivity index (χ1v) is 10.4. The lowest BCUT2D eigenvalue weighted by molar-refractivity contribution is 0.00578. The monoisotopic (exact) mass is 394 g/mol. The molecule has 5 rings (SSSR count). The van der Waals surface area contributed by atoms with Gasteiger partial charge in [0.15, 0.2) is 0 Å². The second-order valence-electron chi connectivity index (χ2n) is 8.22. The SMILES string of the molecule is CC1(C)OB(c2c3ccccc3cc3sc4ccc(Cl)cc4c23)OC1(C)C. The molecule has 0 saturated carbocycles. The molecule has 0 radical (unpaired) electrons. The quantitative estimate of drug-likeness (QED) is 0.360. The van der Waals surface area contributed by atoms with E-state index >= 15 is 0 Å². The van der Waals surface area contributed by atoms with Crippen LogP contribution in [0.3, 0.4) is 0 Å². The Hall–Kier alpha value is -1.59. The molecule has 27 heavy (non-hydrogen) atoms. The molecule has 5 heteroatoms. The number of halogens is 1. The van der Waals surface area contributed by atoms with E-state index in [-0.39, 0.29) is 11.2 Å². The Morgan fingerprint density at radius 2 is 1.56 bits per heavy atom. The van der Waals surface area contributed by atoms with Crippen LogP contribution in [-0.2, 0) is 9.31 Å². The Balaban J connectivity index is 1.90. The zero-order valence-corrected chi connectivity index (χ0v) is 17.4. The minimum atomic E-state index is -0.416. The van der Waals surface area contributed by atoms with Crippen molar-refractivity contribution in [2.75, 3.05) is 0 Å². The van der Waals surface area contributed by atoms with Gasteiger partial charge in [-0.1, -0.05) is 35.9 Å². The van der Waals surface area contributed by atoms with Crippen molar-refractivity contribution in [3.05, 3.63) is 53.6 Å². The van der Waals surface area contributed by atoms with Gasteiger partial charge in [-0.25, -0.2) is 0 Å². The van der Waals surface area contributed by atoms with Crippen molar-refractivity contribution in [2.24, 2.45) is 0 Å². The van der Waals surface area contributed by atoms with Crippen LogP contribution in [0.5, 0.6) is 0 Å². The predicted octanol–water partition coefficient (Wildman–Crippen LogP) is 6.16. The van der Waals surface area contributed by atoms with Crippen molar-refractivity contribution >= 4 is 66.5 Å². The fraction of sp³-hybridized carbons (Fsp3) is 0.273. The molecule has 0 N–H and O–H groups in total. The molecule has 0 unspecified atom stereocenters. The molecule has 2 nitrogen and oxygen atoms in total. The van der Waals surface area contributed by atoms with Crippen LogP contribution in [0.4, 0.5) is 0 Å². The summed E-state index contributed by atoms with van der Waals surface area (Å²) in [5.41, 5.74) is 0.338. The maximum absolute atomic E-state index is 6.46. The summed E-state index contributed by atoms with van der Waals surface area (Å²) in [5, 5.41) is 5.47. The van der Waals surface area contributed by atoms with Crippen LogP contribution in [0.2, 0.25) is 5.02 Å². The average molecular weight is 395 g/mol. The Morgan fingerprint density at radius 3 is 2.30 bits per heavy atom. The third kappa shape index (κ3) is 2.55. The highest BCUT2D eigenvalue weighted by Gasteiger charge is 2.52. The molecular weight excluding hydrogens is 375 g/mol. The van der Waals surface area contributed by atoms with E-state index in [2.05, 4.69) is 70.2 Å². The maximum atomic E-state index is 6.46. The summed E-state index contributed by atoms with van der Waals surface area (Å²) < 4.78 is 15.4. The van der Waals surface area contributed by atoms with E-state index in [9.17, 15) is 0 Å². The molecule has 0 amide bonds. The van der Waals surface area contributed by atoms with Crippen LogP contribution in [0.1, 0.15) is 27.7 Å². The molecular formula is C22H20BClO2S. The van der Waals surface area contributed by atoms with E-state index in [1.165, 1.54) is 25.6 Å². The van der Waals surface area contributed by atoms with Gasteiger partial charge >= 0.3 is 7.12 Å². The Labute approximate surface area is 168 Å². The van der Waals surface area contributed by atoms with Crippen LogP contribution in [-0.4, -0.2) is 18.3 Å². The fourth-order valence-corrected chi connectivity index (χ4v) is 5.14. The lowest BCUT2D eigenvalue weighted by Gasteiger charge is -2.32. The first kappa shape index (κ1) is 17.5. The topological polar surface area (TPSA) is 18.5 Å². The molecule has 136 valence electrons. The van der Waals surface area contributed by atoms with Crippen molar-refractivity contribution < 1.29 is 9.31 Å². The molecule has 0 aliphatic carbocycles. The normalized spacial score (nSPS) is 18.8. The maximum Gasteiger partial charge on any atom is 0.496 e. The van der Waals surface area contributed by atoms with Gasteiger partial charge < -0.3 is 9.31 Å². The molecule has 2 heterocycles. The van der Waals surface area contributed by atoms with Gasteiger partial charge in [-0.15, -0.1) is 11.3 Å². The van der Waals surface area contributed by atoms with Gasteiger partial charge in [0, 0.05) is 25.2 Å². The Bertz CT molecular complexity index is 1200. The van der Waals surface area contributed by atoms with Crippen molar-refractivity contribution in [1.29, 1.82) is 0 Å². The summed E-state index contributed by atoms with van der Waals surface area (Å²) in [6.45, 7) is 8.38. The number of benzene rings is 3. The lowest BCUT2D eigenvalue weighted by atomic mass is 9.73. The third-order valence-corrected chi connectivity index (χ3v) is 7.33. The zero-order valence-electron chi connectivity index (χ0n) is 15.8. The molecule has 1 aliphatic heterocycles. The fourth-order valence-electron chi connectivity index (χ4n) is 3.82. The molecule has 1 aromatic heterocycles. The number of hydrogen-bond donors (Lipinski definition) is 0. The van der Waals surface area contributed by atoms with Gasteiger partial charge in [-0.3, -0.25) is 0 Å². The second kappa shape index (κ2) is 5.71. The molecule has 1 saturated heterocycles. The molecule has 1 fully saturated rings. The smallest absolute Gasteiger partial charge is 0.399 e. The Kier molecular flexibility index (Phi) is 3.70. The van der Waals surface area contributed by atoms with E-state index in [4.69, 9.17) is 20.9 Å². The van der Waals surface area contributed by atoms with E-state index in [0.717, 1.165) is 15.9 Å². The van der Waals surface area contributed by atoms with Gasteiger partial charge in [-0.05, 0) is 68.2 Å². The van der Waals surface area contributed by atoms with Crippen LogP contribution in [0.15, 0.2) is 48.5 Å². The van der Waals surface area contributed by atoms with Gasteiger partial charge in [0.2, 0.25) is 0 Å². The van der Waals surface area contributed by atoms with E-state index in [1.807, 2.05) is 6.07 Å². The van der Waals surface area contributed by atoms with Gasteiger partial charge in [0.05, 0.1) is 11.2 Å². The number of rotatable bonds is 1. The minimum absolute atomic E-state index is 0.385. The van der Waals surface area contributed by atoms with Crippen LogP contribution < -0.4 is 5.46 Å². The summed E-state index contributed by atoms with van der Waals surface area (Å²) in [6.07, 6.45) is 0. The number of thiophene rings is 1. The third-order valence-electron chi connectivity index (χ3n) is 5.97. The highest BCUT2D eigenvalue weighted by molar-refractivity contribution is 7.26. The minimum Gasteiger partial charge on any atom is -0.399 e. The number of hydrogen-bond acceptors (Lipinski definition) is 3. The Morgan fingerprint density at radius 1 is 0.852 bits per heavy atom. The van der Waals surface area contributed by atoms with Crippen molar-refractivity contribution in [3.8, 4) is 0 Å². The molecule has 3 aromatic carbocycles. The van der Waals surface area contributed by atoms with Crippen LogP contribution in [0.25, 0.3) is 30.9 Å². The van der Waals surface area contributed by atoms with Crippen LogP contribution in [0, 0.1) is 0 Å². The highest BCUT2D eigenvalue weighted by atomic mass is 35.5. The molecule has 0 atom stereocenters.